The summed E-state index contributed by atoms with van der Waals surface area (Å²) >= 11 is 0. The van der Waals surface area contributed by atoms with Crippen LogP contribution in [0.3, 0.4) is 0 Å². The fourth-order valence-electron chi connectivity index (χ4n) is 3.39. The minimum Gasteiger partial charge on any atom is -0.493 e. The number of pyridine rings is 1. The molecule has 0 aliphatic carbocycles. The van der Waals surface area contributed by atoms with Crippen molar-refractivity contribution in [3.8, 4) is 17.2 Å². The third-order valence-electron chi connectivity index (χ3n) is 4.80. The van der Waals surface area contributed by atoms with Gasteiger partial charge in [0.2, 0.25) is 5.75 Å². The van der Waals surface area contributed by atoms with Crippen LogP contribution in [-0.2, 0) is 0 Å². The normalized spacial score (nSPS) is 16.0. The second kappa shape index (κ2) is 7.73. The van der Waals surface area contributed by atoms with Gasteiger partial charge in [-0.15, -0.1) is 0 Å². The summed E-state index contributed by atoms with van der Waals surface area (Å²) in [5, 5.41) is 2.83. The fraction of sp³-hybridized carbons (Fsp3) is 0.400. The highest BCUT2D eigenvalue weighted by molar-refractivity contribution is 6.04. The zero-order chi connectivity index (χ0) is 18.6. The average Bonchev–Trinajstić information content (AvgIpc) is 2.74. The van der Waals surface area contributed by atoms with Crippen molar-refractivity contribution in [2.45, 2.75) is 19.3 Å². The lowest BCUT2D eigenvalue weighted by molar-refractivity contribution is 0.102. The summed E-state index contributed by atoms with van der Waals surface area (Å²) in [7, 11) is 1.54. The van der Waals surface area contributed by atoms with Gasteiger partial charge < -0.3 is 24.4 Å². The zero-order valence-corrected chi connectivity index (χ0v) is 15.4. The standard InChI is InChI=1S/C20H23N3O4/c1-25-16-11-14(12-17-19(16)27-10-9-26-17)20(24)22-18-6-5-15(13-21-18)23-7-3-2-4-8-23/h5-6,11-13H,2-4,7-10H2,1H3,(H,21,22,24). The van der Waals surface area contributed by atoms with Gasteiger partial charge in [0.15, 0.2) is 11.5 Å². The van der Waals surface area contributed by atoms with Crippen molar-refractivity contribution in [3.05, 3.63) is 36.0 Å². The van der Waals surface area contributed by atoms with Crippen LogP contribution in [0.4, 0.5) is 11.5 Å². The number of carbonyl (C=O) groups is 1. The fourth-order valence-corrected chi connectivity index (χ4v) is 3.39. The first kappa shape index (κ1) is 17.5. The maximum atomic E-state index is 12.6. The van der Waals surface area contributed by atoms with Gasteiger partial charge in [-0.3, -0.25) is 4.79 Å². The molecular formula is C20H23N3O4. The first-order chi connectivity index (χ1) is 13.2. The Hall–Kier alpha value is -2.96. The molecule has 1 N–H and O–H groups in total. The minimum absolute atomic E-state index is 0.275. The summed E-state index contributed by atoms with van der Waals surface area (Å²) in [5.74, 6) is 1.76. The average molecular weight is 369 g/mol. The Morgan fingerprint density at radius 2 is 1.96 bits per heavy atom. The lowest BCUT2D eigenvalue weighted by Crippen LogP contribution is -2.29. The van der Waals surface area contributed by atoms with Crippen molar-refractivity contribution in [1.29, 1.82) is 0 Å². The molecule has 7 nitrogen and oxygen atoms in total. The molecule has 0 atom stereocenters. The summed E-state index contributed by atoms with van der Waals surface area (Å²) in [6.07, 6.45) is 5.53. The molecule has 2 aromatic rings. The number of amides is 1. The number of hydrogen-bond acceptors (Lipinski definition) is 6. The molecule has 4 rings (SSSR count). The number of methoxy groups -OCH3 is 1. The van der Waals surface area contributed by atoms with Crippen molar-refractivity contribution in [2.24, 2.45) is 0 Å². The third-order valence-corrected chi connectivity index (χ3v) is 4.80. The van der Waals surface area contributed by atoms with Gasteiger partial charge in [0.25, 0.3) is 5.91 Å². The molecule has 0 bridgehead atoms. The first-order valence-corrected chi connectivity index (χ1v) is 9.24. The number of ether oxygens (including phenoxy) is 3. The first-order valence-electron chi connectivity index (χ1n) is 9.24. The molecule has 1 amide bonds. The van der Waals surface area contributed by atoms with Gasteiger partial charge in [0.1, 0.15) is 19.0 Å². The third kappa shape index (κ3) is 3.77. The summed E-state index contributed by atoms with van der Waals surface area (Å²) in [6, 6.07) is 7.13. The second-order valence-electron chi connectivity index (χ2n) is 6.61. The van der Waals surface area contributed by atoms with Gasteiger partial charge in [-0.1, -0.05) is 0 Å². The molecule has 0 saturated carbocycles. The maximum Gasteiger partial charge on any atom is 0.257 e. The Labute approximate surface area is 158 Å². The molecule has 0 unspecified atom stereocenters. The number of fused-ring (bicyclic) bond motifs is 1. The van der Waals surface area contributed by atoms with Gasteiger partial charge in [0.05, 0.1) is 19.0 Å². The van der Waals surface area contributed by atoms with Crippen LogP contribution >= 0.6 is 0 Å². The van der Waals surface area contributed by atoms with E-state index in [0.29, 0.717) is 41.8 Å². The molecular weight excluding hydrogens is 346 g/mol. The second-order valence-corrected chi connectivity index (χ2v) is 6.61. The van der Waals surface area contributed by atoms with E-state index in [1.165, 1.54) is 26.4 Å². The number of anilines is 2. The number of piperidine rings is 1. The lowest BCUT2D eigenvalue weighted by atomic mass is 10.1. The van der Waals surface area contributed by atoms with Crippen LogP contribution in [0.2, 0.25) is 0 Å². The van der Waals surface area contributed by atoms with Crippen LogP contribution in [0.5, 0.6) is 17.2 Å². The number of nitrogens with zero attached hydrogens (tertiary/aromatic N) is 2. The van der Waals surface area contributed by atoms with Crippen molar-refractivity contribution < 1.29 is 19.0 Å². The van der Waals surface area contributed by atoms with E-state index in [1.54, 1.807) is 12.1 Å². The van der Waals surface area contributed by atoms with Gasteiger partial charge in [-0.2, -0.15) is 0 Å². The summed E-state index contributed by atoms with van der Waals surface area (Å²) in [4.78, 5) is 19.4. The highest BCUT2D eigenvalue weighted by Gasteiger charge is 2.21. The number of carbonyl (C=O) groups excluding carboxylic acids is 1. The van der Waals surface area contributed by atoms with Crippen molar-refractivity contribution in [3.63, 3.8) is 0 Å². The quantitative estimate of drug-likeness (QED) is 0.893. The smallest absolute Gasteiger partial charge is 0.257 e. The summed E-state index contributed by atoms with van der Waals surface area (Å²) < 4.78 is 16.5. The largest absolute Gasteiger partial charge is 0.493 e. The Bertz CT molecular complexity index is 799. The molecule has 3 heterocycles. The summed E-state index contributed by atoms with van der Waals surface area (Å²) in [5.41, 5.74) is 1.52. The topological polar surface area (TPSA) is 72.9 Å². The molecule has 1 aromatic carbocycles. The van der Waals surface area contributed by atoms with E-state index in [0.717, 1.165) is 18.8 Å². The van der Waals surface area contributed by atoms with Crippen LogP contribution in [0.1, 0.15) is 29.6 Å². The highest BCUT2D eigenvalue weighted by Crippen LogP contribution is 2.40. The van der Waals surface area contributed by atoms with Crippen LogP contribution in [0.25, 0.3) is 0 Å². The van der Waals surface area contributed by atoms with Crippen LogP contribution in [-0.4, -0.2) is 44.3 Å². The number of hydrogen-bond donors (Lipinski definition) is 1. The van der Waals surface area contributed by atoms with E-state index in [9.17, 15) is 4.79 Å². The summed E-state index contributed by atoms with van der Waals surface area (Å²) in [6.45, 7) is 3.03. The molecule has 27 heavy (non-hydrogen) atoms. The van der Waals surface area contributed by atoms with Gasteiger partial charge in [-0.05, 0) is 43.5 Å². The van der Waals surface area contributed by atoms with E-state index < -0.39 is 0 Å². The van der Waals surface area contributed by atoms with Crippen LogP contribution < -0.4 is 24.4 Å². The Morgan fingerprint density at radius 1 is 1.15 bits per heavy atom. The molecule has 0 radical (unpaired) electrons. The SMILES string of the molecule is COc1cc(C(=O)Nc2ccc(N3CCCCC3)cn2)cc2c1OCCO2. The van der Waals surface area contributed by atoms with E-state index in [1.807, 2.05) is 18.3 Å². The van der Waals surface area contributed by atoms with Crippen LogP contribution in [0, 0.1) is 0 Å². The Kier molecular flexibility index (Phi) is 5.00. The van der Waals surface area contributed by atoms with E-state index in [2.05, 4.69) is 15.2 Å². The van der Waals surface area contributed by atoms with Crippen LogP contribution in [0.15, 0.2) is 30.5 Å². The molecule has 7 heteroatoms. The molecule has 1 saturated heterocycles. The number of benzene rings is 1. The van der Waals surface area contributed by atoms with Gasteiger partial charge in [0, 0.05) is 18.7 Å². The zero-order valence-electron chi connectivity index (χ0n) is 15.4. The van der Waals surface area contributed by atoms with Crippen molar-refractivity contribution in [2.75, 3.05) is 43.6 Å². The lowest BCUT2D eigenvalue weighted by Gasteiger charge is -2.28. The molecule has 1 aromatic heterocycles. The molecule has 2 aliphatic heterocycles. The number of rotatable bonds is 4. The predicted molar refractivity (Wildman–Crippen MR) is 102 cm³/mol. The van der Waals surface area contributed by atoms with E-state index in [-0.39, 0.29) is 5.91 Å². The molecule has 2 aliphatic rings. The number of aromatic nitrogens is 1. The van der Waals surface area contributed by atoms with Crippen molar-refractivity contribution >= 4 is 17.4 Å². The Morgan fingerprint density at radius 3 is 2.70 bits per heavy atom. The predicted octanol–water partition coefficient (Wildman–Crippen LogP) is 3.10. The highest BCUT2D eigenvalue weighted by atomic mass is 16.6. The van der Waals surface area contributed by atoms with E-state index >= 15 is 0 Å². The monoisotopic (exact) mass is 369 g/mol. The molecule has 142 valence electrons. The molecule has 1 fully saturated rings. The maximum absolute atomic E-state index is 12.6. The molecule has 0 spiro atoms. The number of nitrogens with one attached hydrogen (secondary N) is 1. The Balaban J connectivity index is 1.49. The van der Waals surface area contributed by atoms with E-state index in [4.69, 9.17) is 14.2 Å². The van der Waals surface area contributed by atoms with Gasteiger partial charge in [-0.25, -0.2) is 4.98 Å². The van der Waals surface area contributed by atoms with Crippen molar-refractivity contribution in [1.82, 2.24) is 4.98 Å². The van der Waals surface area contributed by atoms with Gasteiger partial charge >= 0.3 is 0 Å². The minimum atomic E-state index is -0.275.